The van der Waals surface area contributed by atoms with Crippen molar-refractivity contribution in [1.82, 2.24) is 0 Å². The molecule has 0 bridgehead atoms. The van der Waals surface area contributed by atoms with E-state index in [-0.39, 0.29) is 6.04 Å². The Bertz CT molecular complexity index is 246. The fourth-order valence-corrected chi connectivity index (χ4v) is 1.12. The summed E-state index contributed by atoms with van der Waals surface area (Å²) in [5.74, 6) is 0. The van der Waals surface area contributed by atoms with Crippen molar-refractivity contribution >= 4 is 12.4 Å². The third kappa shape index (κ3) is 0.817. The smallest absolute Gasteiger partial charge is 0.0956 e. The number of allylic oxidation sites excluding steroid dienone is 1. The molecule has 0 fully saturated rings. The van der Waals surface area contributed by atoms with Crippen LogP contribution in [0.25, 0.3) is 0 Å². The Morgan fingerprint density at radius 1 is 1.50 bits per heavy atom. The van der Waals surface area contributed by atoms with Crippen molar-refractivity contribution in [3.8, 4) is 0 Å². The molecule has 0 saturated carbocycles. The number of nitrogens with zero attached hydrogens (tertiary/aromatic N) is 2. The first-order chi connectivity index (χ1) is 4.97. The van der Waals surface area contributed by atoms with Crippen LogP contribution in [0.5, 0.6) is 0 Å². The fourth-order valence-electron chi connectivity index (χ4n) is 1.12. The van der Waals surface area contributed by atoms with Crippen LogP contribution in [0.2, 0.25) is 0 Å². The first kappa shape index (κ1) is 5.59. The highest BCUT2D eigenvalue weighted by atomic mass is 14.8. The Labute approximate surface area is 59.7 Å². The molecule has 2 aliphatic heterocycles. The minimum atomic E-state index is 0.256. The summed E-state index contributed by atoms with van der Waals surface area (Å²) in [5, 5.41) is 0. The van der Waals surface area contributed by atoms with E-state index in [9.17, 15) is 0 Å². The van der Waals surface area contributed by atoms with Gasteiger partial charge in [-0.05, 0) is 11.6 Å². The van der Waals surface area contributed by atoms with Gasteiger partial charge in [-0.25, -0.2) is 0 Å². The second-order valence-electron chi connectivity index (χ2n) is 2.34. The van der Waals surface area contributed by atoms with E-state index < -0.39 is 0 Å². The van der Waals surface area contributed by atoms with Crippen molar-refractivity contribution in [2.75, 3.05) is 0 Å². The largest absolute Gasteiger partial charge is 0.285 e. The van der Waals surface area contributed by atoms with Gasteiger partial charge in [-0.1, -0.05) is 6.08 Å². The van der Waals surface area contributed by atoms with E-state index in [0.29, 0.717) is 0 Å². The van der Waals surface area contributed by atoms with Gasteiger partial charge in [0.05, 0.1) is 6.04 Å². The summed E-state index contributed by atoms with van der Waals surface area (Å²) in [6.45, 7) is 0. The van der Waals surface area contributed by atoms with Crippen LogP contribution in [0, 0.1) is 0 Å². The van der Waals surface area contributed by atoms with Gasteiger partial charge < -0.3 is 0 Å². The molecule has 0 amide bonds. The number of rotatable bonds is 0. The molecule has 0 aromatic carbocycles. The summed E-state index contributed by atoms with van der Waals surface area (Å²) in [6, 6.07) is 0.256. The molecular weight excluding hydrogens is 124 g/mol. The SMILES string of the molecule is C1=CC2N=CCC=C2C=N1. The molecule has 0 radical (unpaired) electrons. The predicted molar refractivity (Wildman–Crippen MR) is 42.6 cm³/mol. The fraction of sp³-hybridized carbons (Fsp3) is 0.250. The zero-order chi connectivity index (χ0) is 6.81. The topological polar surface area (TPSA) is 24.7 Å². The van der Waals surface area contributed by atoms with Crippen LogP contribution in [-0.4, -0.2) is 18.5 Å². The first-order valence-electron chi connectivity index (χ1n) is 3.38. The molecule has 0 saturated heterocycles. The van der Waals surface area contributed by atoms with E-state index in [1.54, 1.807) is 6.20 Å². The van der Waals surface area contributed by atoms with Gasteiger partial charge in [0, 0.05) is 25.0 Å². The summed E-state index contributed by atoms with van der Waals surface area (Å²) in [5.41, 5.74) is 1.23. The van der Waals surface area contributed by atoms with Gasteiger partial charge in [0.1, 0.15) is 0 Å². The molecule has 0 N–H and O–H groups in total. The van der Waals surface area contributed by atoms with Gasteiger partial charge in [-0.2, -0.15) is 0 Å². The minimum Gasteiger partial charge on any atom is -0.285 e. The Balaban J connectivity index is 2.33. The number of dihydropyridines is 1. The van der Waals surface area contributed by atoms with Gasteiger partial charge in [-0.3, -0.25) is 9.98 Å². The monoisotopic (exact) mass is 132 g/mol. The standard InChI is InChI=1S/C8H8N2/c1-2-7-6-9-5-3-8(7)10-4-1/h2-6,8H,1H2. The van der Waals surface area contributed by atoms with Gasteiger partial charge in [0.15, 0.2) is 0 Å². The van der Waals surface area contributed by atoms with E-state index in [0.717, 1.165) is 6.42 Å². The minimum absolute atomic E-state index is 0.256. The Morgan fingerprint density at radius 3 is 3.40 bits per heavy atom. The van der Waals surface area contributed by atoms with E-state index in [1.807, 2.05) is 18.5 Å². The van der Waals surface area contributed by atoms with Gasteiger partial charge in [0.25, 0.3) is 0 Å². The van der Waals surface area contributed by atoms with E-state index in [1.165, 1.54) is 5.57 Å². The van der Waals surface area contributed by atoms with Crippen molar-refractivity contribution in [1.29, 1.82) is 0 Å². The molecule has 0 aromatic heterocycles. The highest BCUT2D eigenvalue weighted by Crippen LogP contribution is 2.14. The molecule has 1 unspecified atom stereocenters. The second kappa shape index (κ2) is 2.21. The molecular formula is C8H8N2. The molecule has 10 heavy (non-hydrogen) atoms. The zero-order valence-electron chi connectivity index (χ0n) is 5.57. The van der Waals surface area contributed by atoms with Gasteiger partial charge in [-0.15, -0.1) is 0 Å². The first-order valence-corrected chi connectivity index (χ1v) is 3.38. The van der Waals surface area contributed by atoms with Crippen LogP contribution >= 0.6 is 0 Å². The van der Waals surface area contributed by atoms with E-state index >= 15 is 0 Å². The average molecular weight is 132 g/mol. The normalized spacial score (nSPS) is 28.0. The summed E-state index contributed by atoms with van der Waals surface area (Å²) in [7, 11) is 0. The summed E-state index contributed by atoms with van der Waals surface area (Å²) in [4.78, 5) is 8.29. The maximum absolute atomic E-state index is 4.28. The van der Waals surface area contributed by atoms with Crippen LogP contribution in [0.1, 0.15) is 6.42 Å². The van der Waals surface area contributed by atoms with E-state index in [2.05, 4.69) is 16.1 Å². The third-order valence-electron chi connectivity index (χ3n) is 1.64. The zero-order valence-corrected chi connectivity index (χ0v) is 5.57. The van der Waals surface area contributed by atoms with Gasteiger partial charge in [0.2, 0.25) is 0 Å². The predicted octanol–water partition coefficient (Wildman–Crippen LogP) is 1.35. The Morgan fingerprint density at radius 2 is 2.50 bits per heavy atom. The van der Waals surface area contributed by atoms with Crippen LogP contribution in [-0.2, 0) is 0 Å². The lowest BCUT2D eigenvalue weighted by atomic mass is 10.0. The van der Waals surface area contributed by atoms with Crippen LogP contribution in [0.4, 0.5) is 0 Å². The molecule has 1 atom stereocenters. The Kier molecular flexibility index (Phi) is 1.24. The second-order valence-corrected chi connectivity index (χ2v) is 2.34. The highest BCUT2D eigenvalue weighted by Gasteiger charge is 2.10. The summed E-state index contributed by atoms with van der Waals surface area (Å²) < 4.78 is 0. The molecule has 2 nitrogen and oxygen atoms in total. The lowest BCUT2D eigenvalue weighted by molar-refractivity contribution is 0.961. The molecule has 0 spiro atoms. The molecule has 2 rings (SSSR count). The third-order valence-corrected chi connectivity index (χ3v) is 1.64. The maximum Gasteiger partial charge on any atom is 0.0956 e. The number of hydrogen-bond acceptors (Lipinski definition) is 2. The molecule has 2 heteroatoms. The number of aliphatic imine (C=N–C) groups is 2. The lowest BCUT2D eigenvalue weighted by Crippen LogP contribution is -2.12. The van der Waals surface area contributed by atoms with Crippen molar-refractivity contribution in [3.05, 3.63) is 23.9 Å². The molecule has 2 aliphatic rings. The quantitative estimate of drug-likeness (QED) is 0.475. The van der Waals surface area contributed by atoms with Crippen LogP contribution in [0.15, 0.2) is 33.9 Å². The highest BCUT2D eigenvalue weighted by molar-refractivity contribution is 5.85. The van der Waals surface area contributed by atoms with Crippen molar-refractivity contribution in [3.63, 3.8) is 0 Å². The Hall–Kier alpha value is -1.18. The van der Waals surface area contributed by atoms with E-state index in [4.69, 9.17) is 0 Å². The molecule has 2 heterocycles. The average Bonchev–Trinajstić information content (AvgIpc) is 2.05. The lowest BCUT2D eigenvalue weighted by Gasteiger charge is -2.13. The number of fused-ring (bicyclic) bond motifs is 1. The van der Waals surface area contributed by atoms with Crippen LogP contribution in [0.3, 0.4) is 0 Å². The summed E-state index contributed by atoms with van der Waals surface area (Å²) in [6.07, 6.45) is 10.7. The molecule has 0 aromatic rings. The summed E-state index contributed by atoms with van der Waals surface area (Å²) >= 11 is 0. The number of hydrogen-bond donors (Lipinski definition) is 0. The molecule has 0 aliphatic carbocycles. The maximum atomic E-state index is 4.28. The van der Waals surface area contributed by atoms with Crippen LogP contribution < -0.4 is 0 Å². The van der Waals surface area contributed by atoms with Crippen molar-refractivity contribution in [2.24, 2.45) is 9.98 Å². The van der Waals surface area contributed by atoms with Crippen molar-refractivity contribution in [2.45, 2.75) is 12.5 Å². The molecule has 50 valence electrons. The van der Waals surface area contributed by atoms with Crippen molar-refractivity contribution < 1.29 is 0 Å². The van der Waals surface area contributed by atoms with Gasteiger partial charge >= 0.3 is 0 Å².